The summed E-state index contributed by atoms with van der Waals surface area (Å²) in [5, 5.41) is 30.2. The van der Waals surface area contributed by atoms with Gasteiger partial charge in [0.1, 0.15) is 17.1 Å². The first-order valence-corrected chi connectivity index (χ1v) is 13.3. The second-order valence-corrected chi connectivity index (χ2v) is 12.0. The van der Waals surface area contributed by atoms with Gasteiger partial charge in [0.15, 0.2) is 0 Å². The van der Waals surface area contributed by atoms with E-state index in [4.69, 9.17) is 5.11 Å². The molecule has 0 saturated carbocycles. The Morgan fingerprint density at radius 2 is 1.70 bits per heavy atom. The number of rotatable bonds is 7. The summed E-state index contributed by atoms with van der Waals surface area (Å²) in [6.45, 7) is 9.03. The maximum Gasteiger partial charge on any atom is 0.339 e. The molecule has 1 unspecified atom stereocenters. The standard InChI is InChI=1S/C31H33FO4S/c1-30(2)13-14-31(3,4)28-24(30)16-21(17-27(28)37-18-20-5-9-22(32)10-6-20)25(33)12-8-19-7-11-23(29(35)36)26(34)15-19/h5-12,15-17,25,33-34H,13-14,18H2,1-4H3,(H,35,36)/b12-8+. The number of hydrogen-bond donors (Lipinski definition) is 3. The van der Waals surface area contributed by atoms with Crippen molar-refractivity contribution in [3.63, 3.8) is 0 Å². The molecule has 37 heavy (non-hydrogen) atoms. The average molecular weight is 521 g/mol. The fourth-order valence-corrected chi connectivity index (χ4v) is 6.19. The first-order chi connectivity index (χ1) is 17.4. The maximum atomic E-state index is 13.4. The van der Waals surface area contributed by atoms with E-state index in [2.05, 4.69) is 39.8 Å². The number of phenols is 1. The van der Waals surface area contributed by atoms with Crippen molar-refractivity contribution in [1.82, 2.24) is 0 Å². The highest BCUT2D eigenvalue weighted by molar-refractivity contribution is 7.98. The molecule has 0 heterocycles. The summed E-state index contributed by atoms with van der Waals surface area (Å²) in [5.74, 6) is -1.08. The summed E-state index contributed by atoms with van der Waals surface area (Å²) in [6, 6.07) is 15.0. The molecule has 3 N–H and O–H groups in total. The number of fused-ring (bicyclic) bond motifs is 1. The van der Waals surface area contributed by atoms with Crippen LogP contribution in [0.3, 0.4) is 0 Å². The summed E-state index contributed by atoms with van der Waals surface area (Å²) in [6.07, 6.45) is 4.54. The maximum absolute atomic E-state index is 13.4. The zero-order chi connectivity index (χ0) is 27.0. The third kappa shape index (κ3) is 5.91. The molecule has 1 aliphatic carbocycles. The SMILES string of the molecule is CC1(C)CCC(C)(C)c2c(SCc3ccc(F)cc3)cc(C(O)/C=C/c3ccc(C(=O)O)c(O)c3)cc21. The summed E-state index contributed by atoms with van der Waals surface area (Å²) in [7, 11) is 0. The largest absolute Gasteiger partial charge is 0.507 e. The Labute approximate surface area is 221 Å². The van der Waals surface area contributed by atoms with Gasteiger partial charge in [0, 0.05) is 10.6 Å². The van der Waals surface area contributed by atoms with Crippen LogP contribution in [0.25, 0.3) is 6.08 Å². The van der Waals surface area contributed by atoms with E-state index in [1.165, 1.54) is 35.4 Å². The minimum atomic E-state index is -1.20. The lowest BCUT2D eigenvalue weighted by molar-refractivity contribution is 0.0693. The molecule has 6 heteroatoms. The van der Waals surface area contributed by atoms with Crippen molar-refractivity contribution in [1.29, 1.82) is 0 Å². The van der Waals surface area contributed by atoms with Crippen LogP contribution in [0.1, 0.15) is 84.8 Å². The van der Waals surface area contributed by atoms with Crippen LogP contribution >= 0.6 is 11.8 Å². The highest BCUT2D eigenvalue weighted by Gasteiger charge is 2.39. The Morgan fingerprint density at radius 3 is 2.35 bits per heavy atom. The van der Waals surface area contributed by atoms with Gasteiger partial charge in [0.25, 0.3) is 0 Å². The van der Waals surface area contributed by atoms with Crippen molar-refractivity contribution in [2.75, 3.05) is 0 Å². The first kappa shape index (κ1) is 27.0. The van der Waals surface area contributed by atoms with E-state index < -0.39 is 12.1 Å². The smallest absolute Gasteiger partial charge is 0.339 e. The van der Waals surface area contributed by atoms with Gasteiger partial charge in [-0.2, -0.15) is 0 Å². The van der Waals surface area contributed by atoms with Crippen molar-refractivity contribution < 1.29 is 24.5 Å². The molecule has 0 spiro atoms. The summed E-state index contributed by atoms with van der Waals surface area (Å²) in [5.41, 5.74) is 4.71. The van der Waals surface area contributed by atoms with Gasteiger partial charge in [-0.3, -0.25) is 0 Å². The number of thioether (sulfide) groups is 1. The van der Waals surface area contributed by atoms with Crippen LogP contribution in [-0.2, 0) is 16.6 Å². The van der Waals surface area contributed by atoms with Gasteiger partial charge in [-0.25, -0.2) is 9.18 Å². The van der Waals surface area contributed by atoms with E-state index >= 15 is 0 Å². The van der Waals surface area contributed by atoms with Crippen molar-refractivity contribution in [3.05, 3.63) is 99.9 Å². The number of carboxylic acid groups (broad SMARTS) is 1. The minimum Gasteiger partial charge on any atom is -0.507 e. The highest BCUT2D eigenvalue weighted by Crippen LogP contribution is 2.50. The zero-order valence-electron chi connectivity index (χ0n) is 21.6. The molecule has 0 amide bonds. The first-order valence-electron chi connectivity index (χ1n) is 12.4. The van der Waals surface area contributed by atoms with Crippen LogP contribution < -0.4 is 0 Å². The number of aliphatic hydroxyl groups excluding tert-OH is 1. The Kier molecular flexibility index (Phi) is 7.54. The van der Waals surface area contributed by atoms with Crippen LogP contribution in [0.2, 0.25) is 0 Å². The van der Waals surface area contributed by atoms with Crippen LogP contribution in [0.4, 0.5) is 4.39 Å². The van der Waals surface area contributed by atoms with E-state index in [0.29, 0.717) is 11.3 Å². The molecular formula is C31H33FO4S. The Balaban J connectivity index is 1.70. The van der Waals surface area contributed by atoms with Gasteiger partial charge < -0.3 is 15.3 Å². The van der Waals surface area contributed by atoms with Crippen molar-refractivity contribution in [3.8, 4) is 5.75 Å². The fourth-order valence-electron chi connectivity index (χ4n) is 4.93. The van der Waals surface area contributed by atoms with Crippen molar-refractivity contribution >= 4 is 23.8 Å². The van der Waals surface area contributed by atoms with Gasteiger partial charge in [-0.1, -0.05) is 64.1 Å². The van der Waals surface area contributed by atoms with Gasteiger partial charge in [-0.05, 0) is 81.8 Å². The molecular weight excluding hydrogens is 487 g/mol. The predicted octanol–water partition coefficient (Wildman–Crippen LogP) is 7.62. The molecule has 4 nitrogen and oxygen atoms in total. The molecule has 0 saturated heterocycles. The normalized spacial score (nSPS) is 16.9. The van der Waals surface area contributed by atoms with Gasteiger partial charge in [0.05, 0.1) is 6.10 Å². The Morgan fingerprint density at radius 1 is 1.03 bits per heavy atom. The van der Waals surface area contributed by atoms with Gasteiger partial charge in [0.2, 0.25) is 0 Å². The van der Waals surface area contributed by atoms with Crippen LogP contribution in [0.15, 0.2) is 65.6 Å². The molecule has 1 aliphatic rings. The number of hydrogen-bond acceptors (Lipinski definition) is 4. The van der Waals surface area contributed by atoms with E-state index in [0.717, 1.165) is 28.9 Å². The quantitative estimate of drug-likeness (QED) is 0.279. The fraction of sp³-hybridized carbons (Fsp3) is 0.323. The lowest BCUT2D eigenvalue weighted by Crippen LogP contribution is -2.34. The van der Waals surface area contributed by atoms with Gasteiger partial charge in [-0.15, -0.1) is 11.8 Å². The Bertz CT molecular complexity index is 1340. The number of aromatic carboxylic acids is 1. The molecule has 3 aromatic rings. The number of aromatic hydroxyl groups is 1. The predicted molar refractivity (Wildman–Crippen MR) is 147 cm³/mol. The molecule has 0 radical (unpaired) electrons. The molecule has 4 rings (SSSR count). The lowest BCUT2D eigenvalue weighted by atomic mass is 9.63. The molecule has 0 fully saturated rings. The molecule has 194 valence electrons. The van der Waals surface area contributed by atoms with Crippen LogP contribution in [0.5, 0.6) is 5.75 Å². The second-order valence-electron chi connectivity index (χ2n) is 11.0. The molecule has 1 atom stereocenters. The minimum absolute atomic E-state index is 0.0152. The monoisotopic (exact) mass is 520 g/mol. The van der Waals surface area contributed by atoms with E-state index in [1.54, 1.807) is 42.1 Å². The molecule has 0 aliphatic heterocycles. The van der Waals surface area contributed by atoms with E-state index in [-0.39, 0.29) is 28.0 Å². The molecule has 0 bridgehead atoms. The van der Waals surface area contributed by atoms with Crippen molar-refractivity contribution in [2.24, 2.45) is 0 Å². The third-order valence-electron chi connectivity index (χ3n) is 7.28. The summed E-state index contributed by atoms with van der Waals surface area (Å²) >= 11 is 1.70. The topological polar surface area (TPSA) is 77.8 Å². The number of aliphatic hydroxyl groups is 1. The van der Waals surface area contributed by atoms with E-state index in [1.807, 2.05) is 0 Å². The summed E-state index contributed by atoms with van der Waals surface area (Å²) < 4.78 is 13.4. The molecule has 3 aromatic carbocycles. The Hall–Kier alpha value is -3.09. The van der Waals surface area contributed by atoms with Gasteiger partial charge >= 0.3 is 5.97 Å². The van der Waals surface area contributed by atoms with Crippen LogP contribution in [-0.4, -0.2) is 21.3 Å². The lowest BCUT2D eigenvalue weighted by Gasteiger charge is -2.43. The van der Waals surface area contributed by atoms with E-state index in [9.17, 15) is 19.4 Å². The second kappa shape index (κ2) is 10.3. The average Bonchev–Trinajstić information content (AvgIpc) is 2.84. The van der Waals surface area contributed by atoms with Crippen LogP contribution in [0, 0.1) is 5.82 Å². The number of carbonyl (C=O) groups is 1. The number of benzene rings is 3. The number of carboxylic acids is 1. The zero-order valence-corrected chi connectivity index (χ0v) is 22.4. The molecule has 0 aromatic heterocycles. The number of halogens is 1. The third-order valence-corrected chi connectivity index (χ3v) is 8.39. The highest BCUT2D eigenvalue weighted by atomic mass is 32.2. The summed E-state index contributed by atoms with van der Waals surface area (Å²) in [4.78, 5) is 12.3. The van der Waals surface area contributed by atoms with Crippen molar-refractivity contribution in [2.45, 2.75) is 68.1 Å².